The molecule has 2 heterocycles. The molecule has 1 aromatic rings. The summed E-state index contributed by atoms with van der Waals surface area (Å²) in [4.78, 5) is 30.3. The van der Waals surface area contributed by atoms with Crippen LogP contribution in [0.1, 0.15) is 44.1 Å². The molecule has 4 saturated carbocycles. The first-order chi connectivity index (χ1) is 15.1. The molecule has 0 aromatic carbocycles. The number of carbonyl (C=O) groups is 2. The standard InChI is InChI=1S/C22H27F3N4O3/c23-22(24,25)16-2-1-4-27-18(16)28-15-3-5-29(11-15)20(31)32-17-13-6-12-7-14(17)10-21(8-12,9-13)19(26)30/h1-2,4,12-15,17H,3,5-11H2,(H2,26,30)(H,27,28)/t12?,13-,14?,15?,17?,21?/m0/s1. The number of primary amides is 1. The molecule has 0 spiro atoms. The Morgan fingerprint density at radius 1 is 1.22 bits per heavy atom. The first kappa shape index (κ1) is 21.3. The predicted molar refractivity (Wildman–Crippen MR) is 108 cm³/mol. The summed E-state index contributed by atoms with van der Waals surface area (Å²) in [5, 5.41) is 2.84. The fourth-order valence-electron chi connectivity index (χ4n) is 6.65. The molecule has 2 amide bonds. The monoisotopic (exact) mass is 452 g/mol. The van der Waals surface area contributed by atoms with Crippen LogP contribution < -0.4 is 11.1 Å². The summed E-state index contributed by atoms with van der Waals surface area (Å²) in [5.41, 5.74) is 4.45. The molecule has 4 aliphatic carbocycles. The van der Waals surface area contributed by atoms with E-state index in [2.05, 4.69) is 10.3 Å². The van der Waals surface area contributed by atoms with Crippen molar-refractivity contribution in [3.8, 4) is 0 Å². The molecule has 1 saturated heterocycles. The lowest BCUT2D eigenvalue weighted by Gasteiger charge is -2.58. The zero-order valence-electron chi connectivity index (χ0n) is 17.6. The van der Waals surface area contributed by atoms with Gasteiger partial charge in [-0.1, -0.05) is 0 Å². The lowest BCUT2D eigenvalue weighted by atomic mass is 9.48. The molecule has 7 nitrogen and oxygen atoms in total. The Morgan fingerprint density at radius 3 is 2.59 bits per heavy atom. The Labute approximate surface area is 183 Å². The maximum absolute atomic E-state index is 13.2. The summed E-state index contributed by atoms with van der Waals surface area (Å²) >= 11 is 0. The summed E-state index contributed by atoms with van der Waals surface area (Å²) in [5.74, 6) is 0.312. The van der Waals surface area contributed by atoms with Gasteiger partial charge in [0.15, 0.2) is 0 Å². The second-order valence-corrected chi connectivity index (χ2v) is 9.94. The van der Waals surface area contributed by atoms with Crippen molar-refractivity contribution >= 4 is 17.8 Å². The highest BCUT2D eigenvalue weighted by Gasteiger charge is 2.59. The largest absolute Gasteiger partial charge is 0.446 e. The number of amides is 2. The average molecular weight is 452 g/mol. The van der Waals surface area contributed by atoms with Crippen molar-refractivity contribution in [3.05, 3.63) is 23.9 Å². The van der Waals surface area contributed by atoms with Gasteiger partial charge in [-0.3, -0.25) is 4.79 Å². The first-order valence-corrected chi connectivity index (χ1v) is 11.2. The van der Waals surface area contributed by atoms with E-state index in [1.165, 1.54) is 12.3 Å². The van der Waals surface area contributed by atoms with E-state index >= 15 is 0 Å². The van der Waals surface area contributed by atoms with Gasteiger partial charge in [0, 0.05) is 25.3 Å². The number of likely N-dealkylation sites (tertiary alicyclic amines) is 1. The predicted octanol–water partition coefficient (Wildman–Crippen LogP) is 3.40. The number of carbonyl (C=O) groups excluding carboxylic acids is 2. The number of hydrogen-bond acceptors (Lipinski definition) is 5. The molecule has 3 N–H and O–H groups in total. The molecule has 5 unspecified atom stereocenters. The highest BCUT2D eigenvalue weighted by molar-refractivity contribution is 5.81. The van der Waals surface area contributed by atoms with Gasteiger partial charge in [-0.15, -0.1) is 0 Å². The molecule has 174 valence electrons. The Hall–Kier alpha value is -2.52. The second kappa shape index (κ2) is 7.52. The number of nitrogens with two attached hydrogens (primary N) is 1. The number of hydrogen-bond donors (Lipinski definition) is 2. The van der Waals surface area contributed by atoms with Gasteiger partial charge >= 0.3 is 12.3 Å². The molecular formula is C22H27F3N4O3. The van der Waals surface area contributed by atoms with Crippen molar-refractivity contribution in [2.24, 2.45) is 28.9 Å². The van der Waals surface area contributed by atoms with E-state index < -0.39 is 23.2 Å². The van der Waals surface area contributed by atoms with Gasteiger partial charge in [0.25, 0.3) is 0 Å². The number of nitrogens with one attached hydrogen (secondary N) is 1. The first-order valence-electron chi connectivity index (χ1n) is 11.2. The summed E-state index contributed by atoms with van der Waals surface area (Å²) in [6.45, 7) is 0.656. The van der Waals surface area contributed by atoms with Crippen LogP contribution in [0.5, 0.6) is 0 Å². The van der Waals surface area contributed by atoms with Crippen LogP contribution in [-0.4, -0.2) is 47.1 Å². The number of pyridine rings is 1. The molecule has 32 heavy (non-hydrogen) atoms. The third-order valence-electron chi connectivity index (χ3n) is 7.85. The maximum atomic E-state index is 13.2. The lowest BCUT2D eigenvalue weighted by molar-refractivity contribution is -0.161. The van der Waals surface area contributed by atoms with Crippen molar-refractivity contribution in [2.45, 2.75) is 56.8 Å². The van der Waals surface area contributed by atoms with Gasteiger partial charge in [0.2, 0.25) is 5.91 Å². The minimum absolute atomic E-state index is 0.150. The molecule has 5 fully saturated rings. The maximum Gasteiger partial charge on any atom is 0.419 e. The van der Waals surface area contributed by atoms with Gasteiger partial charge in [-0.25, -0.2) is 9.78 Å². The van der Waals surface area contributed by atoms with Crippen molar-refractivity contribution in [1.82, 2.24) is 9.88 Å². The van der Waals surface area contributed by atoms with Gasteiger partial charge in [0.1, 0.15) is 11.9 Å². The zero-order chi connectivity index (χ0) is 22.7. The molecule has 4 bridgehead atoms. The van der Waals surface area contributed by atoms with E-state index in [1.54, 1.807) is 4.90 Å². The quantitative estimate of drug-likeness (QED) is 0.730. The van der Waals surface area contributed by atoms with Gasteiger partial charge in [-0.05, 0) is 68.4 Å². The number of alkyl halides is 3. The van der Waals surface area contributed by atoms with Crippen LogP contribution in [-0.2, 0) is 15.7 Å². The minimum atomic E-state index is -4.50. The third-order valence-corrected chi connectivity index (χ3v) is 7.85. The highest BCUT2D eigenvalue weighted by atomic mass is 19.4. The van der Waals surface area contributed by atoms with Crippen molar-refractivity contribution < 1.29 is 27.5 Å². The molecule has 5 aliphatic rings. The van der Waals surface area contributed by atoms with Crippen molar-refractivity contribution in [2.75, 3.05) is 18.4 Å². The van der Waals surface area contributed by atoms with Crippen LogP contribution >= 0.6 is 0 Å². The SMILES string of the molecule is NC(=O)C12CC3CC(C1)C(OC(=O)N1CCC(Nc4ncccc4C(F)(F)F)C1)[C@@H](C3)C2. The average Bonchev–Trinajstić information content (AvgIpc) is 3.18. The van der Waals surface area contributed by atoms with E-state index in [9.17, 15) is 22.8 Å². The van der Waals surface area contributed by atoms with Crippen molar-refractivity contribution in [1.29, 1.82) is 0 Å². The summed E-state index contributed by atoms with van der Waals surface area (Å²) in [7, 11) is 0. The van der Waals surface area contributed by atoms with E-state index in [1.807, 2.05) is 0 Å². The third kappa shape index (κ3) is 3.67. The Balaban J connectivity index is 1.20. The summed E-state index contributed by atoms with van der Waals surface area (Å²) in [6, 6.07) is 1.90. The minimum Gasteiger partial charge on any atom is -0.446 e. The van der Waals surface area contributed by atoms with Gasteiger partial charge < -0.3 is 20.7 Å². The Bertz CT molecular complexity index is 908. The van der Waals surface area contributed by atoms with Crippen LogP contribution in [0.25, 0.3) is 0 Å². The second-order valence-electron chi connectivity index (χ2n) is 9.94. The molecule has 6 atom stereocenters. The molecule has 0 radical (unpaired) electrons. The number of anilines is 1. The van der Waals surface area contributed by atoms with Crippen LogP contribution in [0.3, 0.4) is 0 Å². The molecule has 1 aromatic heterocycles. The summed E-state index contributed by atoms with van der Waals surface area (Å²) in [6.07, 6.45) is 0.772. The normalized spacial score (nSPS) is 35.7. The molecule has 1 aliphatic heterocycles. The van der Waals surface area contributed by atoms with Crippen LogP contribution in [0.2, 0.25) is 0 Å². The number of halogens is 3. The number of rotatable bonds is 4. The smallest absolute Gasteiger partial charge is 0.419 e. The molecular weight excluding hydrogens is 425 g/mol. The van der Waals surface area contributed by atoms with E-state index in [-0.39, 0.29) is 42.3 Å². The van der Waals surface area contributed by atoms with Crippen LogP contribution in [0.4, 0.5) is 23.8 Å². The van der Waals surface area contributed by atoms with Crippen molar-refractivity contribution in [3.63, 3.8) is 0 Å². The number of aromatic nitrogens is 1. The van der Waals surface area contributed by atoms with Crippen LogP contribution in [0, 0.1) is 23.2 Å². The lowest BCUT2D eigenvalue weighted by Crippen LogP contribution is -2.59. The molecule has 6 rings (SSSR count). The van der Waals surface area contributed by atoms with E-state index in [0.717, 1.165) is 25.3 Å². The fourth-order valence-corrected chi connectivity index (χ4v) is 6.65. The number of nitrogens with zero attached hydrogens (tertiary/aromatic N) is 2. The highest BCUT2D eigenvalue weighted by Crippen LogP contribution is 2.60. The Morgan fingerprint density at radius 2 is 1.94 bits per heavy atom. The van der Waals surface area contributed by atoms with Gasteiger partial charge in [-0.2, -0.15) is 13.2 Å². The van der Waals surface area contributed by atoms with Gasteiger partial charge in [0.05, 0.1) is 11.0 Å². The van der Waals surface area contributed by atoms with E-state index in [0.29, 0.717) is 31.7 Å². The number of ether oxygens (including phenoxy) is 1. The topological polar surface area (TPSA) is 97.6 Å². The van der Waals surface area contributed by atoms with E-state index in [4.69, 9.17) is 10.5 Å². The zero-order valence-corrected chi connectivity index (χ0v) is 17.6. The molecule has 10 heteroatoms. The van der Waals surface area contributed by atoms with Crippen LogP contribution in [0.15, 0.2) is 18.3 Å². The Kier molecular flexibility index (Phi) is 5.01. The fraction of sp³-hybridized carbons (Fsp3) is 0.682. The summed E-state index contributed by atoms with van der Waals surface area (Å²) < 4.78 is 45.6.